The van der Waals surface area contributed by atoms with Gasteiger partial charge in [-0.25, -0.2) is 0 Å². The second-order valence-corrected chi connectivity index (χ2v) is 7.34. The molecule has 0 saturated carbocycles. The van der Waals surface area contributed by atoms with Gasteiger partial charge in [-0.1, -0.05) is 29.8 Å². The molecule has 5 nitrogen and oxygen atoms in total. The largest absolute Gasteiger partial charge is 0.347 e. The summed E-state index contributed by atoms with van der Waals surface area (Å²) in [5, 5.41) is 2.91. The number of carbonyl (C=O) groups is 2. The second kappa shape index (κ2) is 8.11. The van der Waals surface area contributed by atoms with Crippen LogP contribution in [-0.2, 0) is 16.1 Å². The smallest absolute Gasteiger partial charge is 0.277 e. The fourth-order valence-electron chi connectivity index (χ4n) is 2.25. The molecule has 5 heteroatoms. The molecule has 0 aliphatic heterocycles. The van der Waals surface area contributed by atoms with Crippen LogP contribution in [0.1, 0.15) is 31.9 Å². The van der Waals surface area contributed by atoms with E-state index in [1.165, 1.54) is 5.56 Å². The molecule has 128 valence electrons. The van der Waals surface area contributed by atoms with Gasteiger partial charge in [0.25, 0.3) is 11.8 Å². The van der Waals surface area contributed by atoms with Crippen molar-refractivity contribution < 1.29 is 14.5 Å². The molecule has 2 N–H and O–H groups in total. The average Bonchev–Trinajstić information content (AvgIpc) is 2.38. The van der Waals surface area contributed by atoms with Gasteiger partial charge in [-0.3, -0.25) is 9.59 Å². The molecular formula is C18H30N3O2+. The molecular weight excluding hydrogens is 290 g/mol. The standard InChI is InChI=1S/C18H29N3O2/c1-14-7-9-15(10-8-14)11-21(6)17(23)13-20(5)12-16(22)19-18(2,3)4/h7-10H,11-13H2,1-6H3,(H,19,22)/p+1. The Labute approximate surface area is 139 Å². The first-order chi connectivity index (χ1) is 10.6. The Morgan fingerprint density at radius 1 is 1.13 bits per heavy atom. The zero-order chi connectivity index (χ0) is 17.6. The van der Waals surface area contributed by atoms with E-state index < -0.39 is 0 Å². The number of quaternary nitrogens is 1. The fourth-order valence-corrected chi connectivity index (χ4v) is 2.25. The highest BCUT2D eigenvalue weighted by Gasteiger charge is 2.20. The first-order valence-electron chi connectivity index (χ1n) is 7.98. The zero-order valence-electron chi connectivity index (χ0n) is 15.2. The van der Waals surface area contributed by atoms with E-state index in [9.17, 15) is 9.59 Å². The Balaban J connectivity index is 2.44. The lowest BCUT2D eigenvalue weighted by Gasteiger charge is -2.23. The zero-order valence-corrected chi connectivity index (χ0v) is 15.2. The van der Waals surface area contributed by atoms with Crippen LogP contribution in [-0.4, -0.2) is 49.4 Å². The minimum Gasteiger partial charge on any atom is -0.347 e. The number of carbonyl (C=O) groups excluding carboxylic acids is 2. The van der Waals surface area contributed by atoms with E-state index in [4.69, 9.17) is 0 Å². The van der Waals surface area contributed by atoms with Gasteiger partial charge in [-0.15, -0.1) is 0 Å². The molecule has 2 amide bonds. The summed E-state index contributed by atoms with van der Waals surface area (Å²) in [6, 6.07) is 8.16. The predicted molar refractivity (Wildman–Crippen MR) is 92.2 cm³/mol. The third kappa shape index (κ3) is 7.79. The lowest BCUT2D eigenvalue weighted by Crippen LogP contribution is -3.11. The number of amides is 2. The number of nitrogens with one attached hydrogen (secondary N) is 2. The molecule has 1 atom stereocenters. The third-order valence-corrected chi connectivity index (χ3v) is 3.40. The summed E-state index contributed by atoms with van der Waals surface area (Å²) in [7, 11) is 3.66. The molecule has 1 aromatic rings. The minimum absolute atomic E-state index is 0.0339. The maximum Gasteiger partial charge on any atom is 0.277 e. The van der Waals surface area contributed by atoms with Crippen molar-refractivity contribution in [2.75, 3.05) is 27.2 Å². The van der Waals surface area contributed by atoms with Crippen molar-refractivity contribution in [1.29, 1.82) is 0 Å². The summed E-state index contributed by atoms with van der Waals surface area (Å²) in [5.74, 6) is -0.00405. The van der Waals surface area contributed by atoms with Crippen LogP contribution in [0.25, 0.3) is 0 Å². The van der Waals surface area contributed by atoms with Crippen molar-refractivity contribution >= 4 is 11.8 Å². The highest BCUT2D eigenvalue weighted by molar-refractivity contribution is 5.79. The summed E-state index contributed by atoms with van der Waals surface area (Å²) in [6.45, 7) is 9.06. The van der Waals surface area contributed by atoms with Gasteiger partial charge < -0.3 is 15.1 Å². The molecule has 0 bridgehead atoms. The van der Waals surface area contributed by atoms with Gasteiger partial charge in [-0.2, -0.15) is 0 Å². The minimum atomic E-state index is -0.246. The first kappa shape index (κ1) is 19.2. The lowest BCUT2D eigenvalue weighted by molar-refractivity contribution is -0.863. The SMILES string of the molecule is Cc1ccc(CN(C)C(=O)C[NH+](C)CC(=O)NC(C)(C)C)cc1. The van der Waals surface area contributed by atoms with E-state index >= 15 is 0 Å². The Morgan fingerprint density at radius 2 is 1.70 bits per heavy atom. The van der Waals surface area contributed by atoms with Crippen molar-refractivity contribution in [3.63, 3.8) is 0 Å². The number of rotatable bonds is 6. The molecule has 23 heavy (non-hydrogen) atoms. The van der Waals surface area contributed by atoms with Gasteiger partial charge in [-0.05, 0) is 33.3 Å². The van der Waals surface area contributed by atoms with Crippen LogP contribution >= 0.6 is 0 Å². The van der Waals surface area contributed by atoms with Crippen molar-refractivity contribution in [1.82, 2.24) is 10.2 Å². The van der Waals surface area contributed by atoms with Crippen LogP contribution in [0, 0.1) is 6.92 Å². The Bertz CT molecular complexity index is 532. The van der Waals surface area contributed by atoms with Crippen LogP contribution in [0.2, 0.25) is 0 Å². The maximum absolute atomic E-state index is 12.3. The molecule has 0 fully saturated rings. The number of likely N-dealkylation sites (N-methyl/N-ethyl adjacent to an activating group) is 2. The van der Waals surface area contributed by atoms with E-state index in [1.807, 2.05) is 59.0 Å². The van der Waals surface area contributed by atoms with Crippen molar-refractivity contribution in [2.24, 2.45) is 0 Å². The quantitative estimate of drug-likeness (QED) is 0.796. The van der Waals surface area contributed by atoms with Gasteiger partial charge in [0.15, 0.2) is 13.1 Å². The molecule has 0 heterocycles. The van der Waals surface area contributed by atoms with E-state index in [-0.39, 0.29) is 17.4 Å². The van der Waals surface area contributed by atoms with E-state index in [2.05, 4.69) is 5.32 Å². The van der Waals surface area contributed by atoms with Gasteiger partial charge in [0, 0.05) is 19.1 Å². The van der Waals surface area contributed by atoms with Crippen molar-refractivity contribution in [3.8, 4) is 0 Å². The number of hydrogen-bond acceptors (Lipinski definition) is 2. The number of aryl methyl sites for hydroxylation is 1. The van der Waals surface area contributed by atoms with Gasteiger partial charge >= 0.3 is 0 Å². The molecule has 1 unspecified atom stereocenters. The number of benzene rings is 1. The number of nitrogens with zero attached hydrogens (tertiary/aromatic N) is 1. The number of hydrogen-bond donors (Lipinski definition) is 2. The molecule has 0 aliphatic rings. The Kier molecular flexibility index (Phi) is 6.76. The van der Waals surface area contributed by atoms with E-state index in [1.54, 1.807) is 11.9 Å². The Hall–Kier alpha value is -1.88. The van der Waals surface area contributed by atoms with Gasteiger partial charge in [0.1, 0.15) is 0 Å². The fraction of sp³-hybridized carbons (Fsp3) is 0.556. The van der Waals surface area contributed by atoms with Crippen LogP contribution in [0.3, 0.4) is 0 Å². The van der Waals surface area contributed by atoms with Crippen molar-refractivity contribution in [2.45, 2.75) is 39.8 Å². The van der Waals surface area contributed by atoms with Crippen LogP contribution in [0.5, 0.6) is 0 Å². The highest BCUT2D eigenvalue weighted by Crippen LogP contribution is 2.05. The maximum atomic E-state index is 12.3. The molecule has 0 aromatic heterocycles. The van der Waals surface area contributed by atoms with Crippen LogP contribution in [0.4, 0.5) is 0 Å². The second-order valence-electron chi connectivity index (χ2n) is 7.34. The first-order valence-corrected chi connectivity index (χ1v) is 7.98. The Morgan fingerprint density at radius 3 is 2.22 bits per heavy atom. The van der Waals surface area contributed by atoms with E-state index in [0.29, 0.717) is 19.6 Å². The lowest BCUT2D eigenvalue weighted by atomic mass is 10.1. The average molecular weight is 320 g/mol. The molecule has 0 aliphatic carbocycles. The molecule has 0 spiro atoms. The van der Waals surface area contributed by atoms with Gasteiger partial charge in [0.05, 0.1) is 7.05 Å². The summed E-state index contributed by atoms with van der Waals surface area (Å²) in [4.78, 5) is 26.7. The summed E-state index contributed by atoms with van der Waals surface area (Å²) in [6.07, 6.45) is 0. The monoisotopic (exact) mass is 320 g/mol. The normalized spacial score (nSPS) is 12.6. The summed E-state index contributed by atoms with van der Waals surface area (Å²) >= 11 is 0. The van der Waals surface area contributed by atoms with E-state index in [0.717, 1.165) is 10.5 Å². The van der Waals surface area contributed by atoms with Crippen LogP contribution < -0.4 is 10.2 Å². The predicted octanol–water partition coefficient (Wildman–Crippen LogP) is 0.383. The van der Waals surface area contributed by atoms with Crippen LogP contribution in [0.15, 0.2) is 24.3 Å². The molecule has 0 radical (unpaired) electrons. The molecule has 0 saturated heterocycles. The summed E-state index contributed by atoms with van der Waals surface area (Å²) < 4.78 is 0. The van der Waals surface area contributed by atoms with Gasteiger partial charge in [0.2, 0.25) is 0 Å². The molecule has 1 rings (SSSR count). The molecule has 1 aromatic carbocycles. The highest BCUT2D eigenvalue weighted by atomic mass is 16.2. The summed E-state index contributed by atoms with van der Waals surface area (Å²) in [5.41, 5.74) is 2.07. The topological polar surface area (TPSA) is 53.9 Å². The third-order valence-electron chi connectivity index (χ3n) is 3.40. The van der Waals surface area contributed by atoms with Crippen molar-refractivity contribution in [3.05, 3.63) is 35.4 Å².